The Hall–Kier alpha value is -3.44. The molecule has 5 atom stereocenters. The number of ketones is 1. The van der Waals surface area contributed by atoms with Gasteiger partial charge in [-0.15, -0.1) is 0 Å². The van der Waals surface area contributed by atoms with E-state index < -0.39 is 60.5 Å². The standard InChI is InChI=1S/C31H32O9/c1-29(2)38-24-26(36-18-21-12-6-3-7-13-21)31(40-28(24)39-29,20-37-27(34)23-16-10-5-11-17-23)30(35,19-32)25(33)22-14-8-4-9-15-22/h3-17,24,26,28,32,35H,18-20H2,1-2H3/t24-,26-,28+,30+,31+/m1/s1. The number of carbonyl (C=O) groups is 2. The normalized spacial score (nSPS) is 26.6. The van der Waals surface area contributed by atoms with E-state index in [4.69, 9.17) is 23.7 Å². The quantitative estimate of drug-likeness (QED) is 0.290. The minimum atomic E-state index is -2.62. The van der Waals surface area contributed by atoms with Crippen molar-refractivity contribution in [3.63, 3.8) is 0 Å². The molecule has 0 aromatic heterocycles. The van der Waals surface area contributed by atoms with Crippen LogP contribution in [0.15, 0.2) is 91.0 Å². The molecule has 5 rings (SSSR count). The molecule has 0 spiro atoms. The van der Waals surface area contributed by atoms with Crippen LogP contribution in [0.1, 0.15) is 40.1 Å². The van der Waals surface area contributed by atoms with Crippen LogP contribution in [0, 0.1) is 0 Å². The fourth-order valence-electron chi connectivity index (χ4n) is 5.21. The minimum absolute atomic E-state index is 0.0529. The number of esters is 1. The van der Waals surface area contributed by atoms with Crippen LogP contribution in [0.5, 0.6) is 0 Å². The van der Waals surface area contributed by atoms with E-state index in [0.717, 1.165) is 5.56 Å². The molecule has 0 unspecified atom stereocenters. The van der Waals surface area contributed by atoms with Crippen molar-refractivity contribution in [1.29, 1.82) is 0 Å². The van der Waals surface area contributed by atoms with E-state index in [1.807, 2.05) is 30.3 Å². The zero-order valence-electron chi connectivity index (χ0n) is 22.3. The van der Waals surface area contributed by atoms with Gasteiger partial charge in [0.2, 0.25) is 0 Å². The Bertz CT molecular complexity index is 1310. The van der Waals surface area contributed by atoms with Crippen LogP contribution < -0.4 is 0 Å². The zero-order chi connectivity index (χ0) is 28.4. The average Bonchev–Trinajstić information content (AvgIpc) is 3.44. The topological polar surface area (TPSA) is 121 Å². The van der Waals surface area contributed by atoms with Crippen LogP contribution in [0.4, 0.5) is 0 Å². The molecule has 2 saturated heterocycles. The second-order valence-electron chi connectivity index (χ2n) is 10.3. The van der Waals surface area contributed by atoms with Crippen LogP contribution in [-0.2, 0) is 30.3 Å². The fourth-order valence-corrected chi connectivity index (χ4v) is 5.21. The number of ether oxygens (including phenoxy) is 5. The SMILES string of the molecule is CC1(C)O[C@H]2O[C@](COC(=O)c3ccccc3)([C@](O)(CO)C(=O)c3ccccc3)[C@H](OCc3ccccc3)[C@H]2O1. The van der Waals surface area contributed by atoms with E-state index >= 15 is 0 Å². The first-order valence-electron chi connectivity index (χ1n) is 13.0. The lowest BCUT2D eigenvalue weighted by atomic mass is 9.74. The molecular formula is C31H32O9. The van der Waals surface area contributed by atoms with Crippen LogP contribution >= 0.6 is 0 Å². The summed E-state index contributed by atoms with van der Waals surface area (Å²) in [5, 5.41) is 22.8. The number of aliphatic hydroxyl groups excluding tert-OH is 1. The highest BCUT2D eigenvalue weighted by molar-refractivity contribution is 6.03. The Morgan fingerprint density at radius 3 is 2.02 bits per heavy atom. The van der Waals surface area contributed by atoms with Crippen LogP contribution in [0.3, 0.4) is 0 Å². The van der Waals surface area contributed by atoms with Crippen molar-refractivity contribution < 1.29 is 43.5 Å². The molecule has 3 aromatic carbocycles. The molecule has 0 radical (unpaired) electrons. The molecule has 9 heteroatoms. The number of aliphatic hydroxyl groups is 2. The molecule has 3 aromatic rings. The second kappa shape index (κ2) is 11.2. The maximum Gasteiger partial charge on any atom is 0.338 e. The summed E-state index contributed by atoms with van der Waals surface area (Å²) in [6, 6.07) is 25.6. The van der Waals surface area contributed by atoms with Crippen molar-refractivity contribution in [1.82, 2.24) is 0 Å². The van der Waals surface area contributed by atoms with Crippen molar-refractivity contribution in [2.75, 3.05) is 13.2 Å². The van der Waals surface area contributed by atoms with Gasteiger partial charge in [-0.05, 0) is 31.5 Å². The van der Waals surface area contributed by atoms with Gasteiger partial charge in [-0.25, -0.2) is 4.79 Å². The van der Waals surface area contributed by atoms with E-state index in [1.54, 1.807) is 62.4 Å². The summed E-state index contributed by atoms with van der Waals surface area (Å²) >= 11 is 0. The molecule has 0 bridgehead atoms. The molecule has 9 nitrogen and oxygen atoms in total. The van der Waals surface area contributed by atoms with Crippen LogP contribution in [0.2, 0.25) is 0 Å². The molecule has 2 N–H and O–H groups in total. The van der Waals surface area contributed by atoms with Crippen LogP contribution in [-0.4, -0.2) is 70.7 Å². The maximum absolute atomic E-state index is 13.9. The van der Waals surface area contributed by atoms with E-state index in [0.29, 0.717) is 0 Å². The number of carbonyl (C=O) groups excluding carboxylic acids is 2. The van der Waals surface area contributed by atoms with Gasteiger partial charge in [0.15, 0.2) is 29.1 Å². The van der Waals surface area contributed by atoms with Gasteiger partial charge in [0.1, 0.15) is 18.8 Å². The number of rotatable bonds is 10. The third kappa shape index (κ3) is 5.19. The van der Waals surface area contributed by atoms with Gasteiger partial charge in [-0.3, -0.25) is 4.79 Å². The predicted octanol–water partition coefficient (Wildman–Crippen LogP) is 3.28. The monoisotopic (exact) mass is 548 g/mol. The lowest BCUT2D eigenvalue weighted by Crippen LogP contribution is -2.70. The molecule has 2 aliphatic heterocycles. The Morgan fingerprint density at radius 1 is 0.850 bits per heavy atom. The van der Waals surface area contributed by atoms with E-state index in [1.165, 1.54) is 12.1 Å². The Labute approximate surface area is 232 Å². The minimum Gasteiger partial charge on any atom is -0.459 e. The van der Waals surface area contributed by atoms with Gasteiger partial charge < -0.3 is 33.9 Å². The molecule has 0 aliphatic carbocycles. The highest BCUT2D eigenvalue weighted by Crippen LogP contribution is 2.49. The number of fused-ring (bicyclic) bond motifs is 1. The maximum atomic E-state index is 13.9. The lowest BCUT2D eigenvalue weighted by Gasteiger charge is -2.45. The van der Waals surface area contributed by atoms with Gasteiger partial charge in [0.25, 0.3) is 0 Å². The van der Waals surface area contributed by atoms with Crippen molar-refractivity contribution in [3.8, 4) is 0 Å². The molecule has 2 heterocycles. The predicted molar refractivity (Wildman–Crippen MR) is 142 cm³/mol. The summed E-state index contributed by atoms with van der Waals surface area (Å²) in [6.45, 7) is 1.76. The van der Waals surface area contributed by atoms with Gasteiger partial charge in [0, 0.05) is 5.56 Å². The second-order valence-corrected chi connectivity index (χ2v) is 10.3. The van der Waals surface area contributed by atoms with Crippen LogP contribution in [0.25, 0.3) is 0 Å². The summed E-state index contributed by atoms with van der Waals surface area (Å²) in [5.74, 6) is -2.60. The van der Waals surface area contributed by atoms with E-state index in [9.17, 15) is 19.8 Å². The third-order valence-electron chi connectivity index (χ3n) is 7.21. The first kappa shape index (κ1) is 28.1. The summed E-state index contributed by atoms with van der Waals surface area (Å²) in [7, 11) is 0. The largest absolute Gasteiger partial charge is 0.459 e. The molecule has 0 saturated carbocycles. The highest BCUT2D eigenvalue weighted by atomic mass is 16.9. The summed E-state index contributed by atoms with van der Waals surface area (Å²) in [4.78, 5) is 26.9. The van der Waals surface area contributed by atoms with Gasteiger partial charge in [0.05, 0.1) is 18.8 Å². The lowest BCUT2D eigenvalue weighted by molar-refractivity contribution is -0.287. The number of Topliss-reactive ketones (excluding diaryl/α,β-unsaturated/α-hetero) is 1. The Kier molecular flexibility index (Phi) is 7.87. The highest BCUT2D eigenvalue weighted by Gasteiger charge is 2.72. The van der Waals surface area contributed by atoms with Crippen molar-refractivity contribution >= 4 is 11.8 Å². The summed E-state index contributed by atoms with van der Waals surface area (Å²) in [6.07, 6.45) is -3.21. The molecule has 210 valence electrons. The third-order valence-corrected chi connectivity index (χ3v) is 7.21. The Morgan fingerprint density at radius 2 is 1.43 bits per heavy atom. The molecule has 40 heavy (non-hydrogen) atoms. The molecule has 2 fully saturated rings. The molecular weight excluding hydrogens is 516 g/mol. The van der Waals surface area contributed by atoms with Crippen molar-refractivity contribution in [3.05, 3.63) is 108 Å². The number of hydrogen-bond donors (Lipinski definition) is 2. The van der Waals surface area contributed by atoms with E-state index in [-0.39, 0.29) is 17.7 Å². The number of hydrogen-bond acceptors (Lipinski definition) is 9. The first-order valence-corrected chi connectivity index (χ1v) is 13.0. The summed E-state index contributed by atoms with van der Waals surface area (Å²) in [5.41, 5.74) is -3.54. The van der Waals surface area contributed by atoms with Gasteiger partial charge >= 0.3 is 5.97 Å². The van der Waals surface area contributed by atoms with E-state index in [2.05, 4.69) is 0 Å². The van der Waals surface area contributed by atoms with Crippen molar-refractivity contribution in [2.45, 2.75) is 55.9 Å². The Balaban J connectivity index is 1.57. The number of benzene rings is 3. The summed E-state index contributed by atoms with van der Waals surface area (Å²) < 4.78 is 30.4. The first-order chi connectivity index (χ1) is 19.2. The fraction of sp³-hybridized carbons (Fsp3) is 0.355. The molecule has 2 aliphatic rings. The van der Waals surface area contributed by atoms with Gasteiger partial charge in [-0.1, -0.05) is 78.9 Å². The van der Waals surface area contributed by atoms with Gasteiger partial charge in [-0.2, -0.15) is 0 Å². The zero-order valence-corrected chi connectivity index (χ0v) is 22.3. The molecule has 0 amide bonds. The van der Waals surface area contributed by atoms with Crippen molar-refractivity contribution in [2.24, 2.45) is 0 Å². The smallest absolute Gasteiger partial charge is 0.338 e. The average molecular weight is 549 g/mol.